The van der Waals surface area contributed by atoms with Gasteiger partial charge in [-0.2, -0.15) is 0 Å². The number of benzene rings is 1. The maximum atomic E-state index is 6.02. The third-order valence-corrected chi connectivity index (χ3v) is 3.88. The van der Waals surface area contributed by atoms with Gasteiger partial charge in [0.2, 0.25) is 0 Å². The highest BCUT2D eigenvalue weighted by molar-refractivity contribution is 5.66. The summed E-state index contributed by atoms with van der Waals surface area (Å²) in [4.78, 5) is 4.98. The second kappa shape index (κ2) is 6.84. The van der Waals surface area contributed by atoms with Gasteiger partial charge in [-0.25, -0.2) is 0 Å². The Balaban J connectivity index is 2.11. The third kappa shape index (κ3) is 3.37. The van der Waals surface area contributed by atoms with E-state index in [4.69, 9.17) is 10.5 Å². The number of nitrogens with zero attached hydrogens (tertiary/aromatic N) is 2. The van der Waals surface area contributed by atoms with Crippen LogP contribution in [0.1, 0.15) is 25.8 Å². The molecule has 1 aromatic carbocycles. The van der Waals surface area contributed by atoms with Crippen LogP contribution in [0.15, 0.2) is 12.1 Å². The number of anilines is 2. The second-order valence-corrected chi connectivity index (χ2v) is 5.44. The summed E-state index contributed by atoms with van der Waals surface area (Å²) in [5.74, 6) is 0.809. The summed E-state index contributed by atoms with van der Waals surface area (Å²) in [7, 11) is 0. The van der Waals surface area contributed by atoms with Crippen LogP contribution in [-0.4, -0.2) is 44.2 Å². The lowest BCUT2D eigenvalue weighted by Gasteiger charge is -2.37. The van der Waals surface area contributed by atoms with Crippen molar-refractivity contribution >= 4 is 11.4 Å². The van der Waals surface area contributed by atoms with Gasteiger partial charge < -0.3 is 15.4 Å². The molecule has 20 heavy (non-hydrogen) atoms. The van der Waals surface area contributed by atoms with E-state index in [1.807, 2.05) is 13.0 Å². The normalized spacial score (nSPS) is 16.4. The Kier molecular flexibility index (Phi) is 5.12. The van der Waals surface area contributed by atoms with Crippen molar-refractivity contribution in [1.29, 1.82) is 0 Å². The van der Waals surface area contributed by atoms with Crippen LogP contribution in [0, 0.1) is 6.92 Å². The number of nitrogens with two attached hydrogens (primary N) is 1. The molecule has 1 fully saturated rings. The van der Waals surface area contributed by atoms with Crippen LogP contribution in [0.4, 0.5) is 11.4 Å². The van der Waals surface area contributed by atoms with E-state index in [2.05, 4.69) is 29.7 Å². The molecule has 0 aromatic heterocycles. The molecule has 0 aliphatic carbocycles. The average molecular weight is 277 g/mol. The maximum Gasteiger partial charge on any atom is 0.144 e. The van der Waals surface area contributed by atoms with Gasteiger partial charge in [-0.1, -0.05) is 6.92 Å². The van der Waals surface area contributed by atoms with Crippen LogP contribution >= 0.6 is 0 Å². The van der Waals surface area contributed by atoms with E-state index in [1.165, 1.54) is 24.2 Å². The van der Waals surface area contributed by atoms with Gasteiger partial charge in [0.25, 0.3) is 0 Å². The van der Waals surface area contributed by atoms with Gasteiger partial charge in [-0.05, 0) is 38.4 Å². The molecule has 2 N–H and O–H groups in total. The van der Waals surface area contributed by atoms with Crippen LogP contribution in [-0.2, 0) is 0 Å². The Morgan fingerprint density at radius 1 is 1.15 bits per heavy atom. The SMILES string of the molecule is CCCN1CCN(c2cc(OCC)c(N)cc2C)CC1. The molecule has 112 valence electrons. The van der Waals surface area contributed by atoms with Crippen LogP contribution in [0.25, 0.3) is 0 Å². The molecular weight excluding hydrogens is 250 g/mol. The molecule has 0 bridgehead atoms. The van der Waals surface area contributed by atoms with Crippen LogP contribution in [0.2, 0.25) is 0 Å². The molecule has 0 spiro atoms. The number of ether oxygens (including phenoxy) is 1. The van der Waals surface area contributed by atoms with Gasteiger partial charge in [0, 0.05) is 37.9 Å². The molecule has 0 radical (unpaired) electrons. The molecule has 0 atom stereocenters. The maximum absolute atomic E-state index is 6.02. The minimum absolute atomic E-state index is 0.650. The van der Waals surface area contributed by atoms with Crippen molar-refractivity contribution in [2.24, 2.45) is 0 Å². The van der Waals surface area contributed by atoms with Gasteiger partial charge in [-0.15, -0.1) is 0 Å². The van der Waals surface area contributed by atoms with Gasteiger partial charge in [0.15, 0.2) is 0 Å². The quantitative estimate of drug-likeness (QED) is 0.840. The first-order chi connectivity index (χ1) is 9.65. The molecule has 1 aliphatic rings. The Bertz CT molecular complexity index is 440. The fraction of sp³-hybridized carbons (Fsp3) is 0.625. The molecule has 1 aliphatic heterocycles. The Morgan fingerprint density at radius 3 is 2.45 bits per heavy atom. The summed E-state index contributed by atoms with van der Waals surface area (Å²) >= 11 is 0. The van der Waals surface area contributed by atoms with E-state index >= 15 is 0 Å². The van der Waals surface area contributed by atoms with E-state index in [0.717, 1.165) is 37.6 Å². The minimum atomic E-state index is 0.650. The first kappa shape index (κ1) is 15.0. The molecule has 0 amide bonds. The molecule has 2 rings (SSSR count). The van der Waals surface area contributed by atoms with E-state index in [-0.39, 0.29) is 0 Å². The molecular formula is C16H27N3O. The predicted octanol–water partition coefficient (Wildman–Crippen LogP) is 2.51. The zero-order valence-corrected chi connectivity index (χ0v) is 13.0. The summed E-state index contributed by atoms with van der Waals surface area (Å²) in [5.41, 5.74) is 9.24. The first-order valence-electron chi connectivity index (χ1n) is 7.66. The van der Waals surface area contributed by atoms with E-state index in [0.29, 0.717) is 6.61 Å². The lowest BCUT2D eigenvalue weighted by atomic mass is 10.1. The molecule has 1 heterocycles. The zero-order valence-electron chi connectivity index (χ0n) is 13.0. The predicted molar refractivity (Wildman–Crippen MR) is 85.7 cm³/mol. The summed E-state index contributed by atoms with van der Waals surface area (Å²) in [6, 6.07) is 4.13. The van der Waals surface area contributed by atoms with Gasteiger partial charge in [0.1, 0.15) is 5.75 Å². The molecule has 0 unspecified atom stereocenters. The monoisotopic (exact) mass is 277 g/mol. The second-order valence-electron chi connectivity index (χ2n) is 5.44. The van der Waals surface area contributed by atoms with Crippen molar-refractivity contribution in [3.63, 3.8) is 0 Å². The number of piperazine rings is 1. The van der Waals surface area contributed by atoms with Crippen molar-refractivity contribution in [3.8, 4) is 5.75 Å². The minimum Gasteiger partial charge on any atom is -0.492 e. The average Bonchev–Trinajstić information content (AvgIpc) is 2.43. The van der Waals surface area contributed by atoms with E-state index < -0.39 is 0 Å². The van der Waals surface area contributed by atoms with Crippen LogP contribution < -0.4 is 15.4 Å². The fourth-order valence-electron chi connectivity index (χ4n) is 2.85. The van der Waals surface area contributed by atoms with Gasteiger partial charge in [-0.3, -0.25) is 4.90 Å². The molecule has 4 nitrogen and oxygen atoms in total. The van der Waals surface area contributed by atoms with Gasteiger partial charge in [0.05, 0.1) is 12.3 Å². The number of aryl methyl sites for hydroxylation is 1. The highest BCUT2D eigenvalue weighted by Crippen LogP contribution is 2.32. The highest BCUT2D eigenvalue weighted by atomic mass is 16.5. The molecule has 4 heteroatoms. The Hall–Kier alpha value is -1.42. The Labute approximate surface area is 122 Å². The first-order valence-corrected chi connectivity index (χ1v) is 7.66. The smallest absolute Gasteiger partial charge is 0.144 e. The number of rotatable bonds is 5. The van der Waals surface area contributed by atoms with Crippen molar-refractivity contribution in [2.75, 3.05) is 50.0 Å². The summed E-state index contributed by atoms with van der Waals surface area (Å²) in [6.45, 7) is 12.7. The molecule has 0 saturated carbocycles. The topological polar surface area (TPSA) is 41.7 Å². The Morgan fingerprint density at radius 2 is 1.85 bits per heavy atom. The van der Waals surface area contributed by atoms with Gasteiger partial charge >= 0.3 is 0 Å². The number of nitrogen functional groups attached to an aromatic ring is 1. The largest absolute Gasteiger partial charge is 0.492 e. The lowest BCUT2D eigenvalue weighted by Crippen LogP contribution is -2.46. The number of hydrogen-bond donors (Lipinski definition) is 1. The van der Waals surface area contributed by atoms with Crippen LogP contribution in [0.5, 0.6) is 5.75 Å². The summed E-state index contributed by atoms with van der Waals surface area (Å²) in [5, 5.41) is 0. The standard InChI is InChI=1S/C16H27N3O/c1-4-6-18-7-9-19(10-8-18)15-12-16(20-5-2)14(17)11-13(15)3/h11-12H,4-10,17H2,1-3H3. The number of hydrogen-bond acceptors (Lipinski definition) is 4. The van der Waals surface area contributed by atoms with E-state index in [9.17, 15) is 0 Å². The molecule has 1 aromatic rings. The van der Waals surface area contributed by atoms with Crippen molar-refractivity contribution in [2.45, 2.75) is 27.2 Å². The highest BCUT2D eigenvalue weighted by Gasteiger charge is 2.19. The third-order valence-electron chi connectivity index (χ3n) is 3.88. The van der Waals surface area contributed by atoms with Crippen LogP contribution in [0.3, 0.4) is 0 Å². The zero-order chi connectivity index (χ0) is 14.5. The fourth-order valence-corrected chi connectivity index (χ4v) is 2.85. The van der Waals surface area contributed by atoms with E-state index in [1.54, 1.807) is 0 Å². The van der Waals surface area contributed by atoms with Crippen molar-refractivity contribution < 1.29 is 4.74 Å². The van der Waals surface area contributed by atoms with Crippen molar-refractivity contribution in [3.05, 3.63) is 17.7 Å². The summed E-state index contributed by atoms with van der Waals surface area (Å²) in [6.07, 6.45) is 1.23. The lowest BCUT2D eigenvalue weighted by molar-refractivity contribution is 0.258. The molecule has 1 saturated heterocycles. The summed E-state index contributed by atoms with van der Waals surface area (Å²) < 4.78 is 5.62. The van der Waals surface area contributed by atoms with Crippen molar-refractivity contribution in [1.82, 2.24) is 4.90 Å².